The Labute approximate surface area is 134 Å². The average Bonchev–Trinajstić information content (AvgIpc) is 2.60. The van der Waals surface area contributed by atoms with Gasteiger partial charge in [0.25, 0.3) is 0 Å². The number of aliphatic carboxylic acids is 1. The lowest BCUT2D eigenvalue weighted by Crippen LogP contribution is -2.27. The van der Waals surface area contributed by atoms with Gasteiger partial charge in [0.15, 0.2) is 0 Å². The molecular weight excluding hydrogens is 292 g/mol. The molecule has 23 heavy (non-hydrogen) atoms. The van der Waals surface area contributed by atoms with Crippen molar-refractivity contribution in [3.63, 3.8) is 0 Å². The summed E-state index contributed by atoms with van der Waals surface area (Å²) in [6.07, 6.45) is 1.44. The second-order valence-corrected chi connectivity index (χ2v) is 6.12. The van der Waals surface area contributed by atoms with Crippen LogP contribution in [0.15, 0.2) is 36.4 Å². The second kappa shape index (κ2) is 5.70. The molecule has 0 bridgehead atoms. The van der Waals surface area contributed by atoms with Crippen LogP contribution in [0.25, 0.3) is 11.1 Å². The maximum atomic E-state index is 11.2. The number of carbonyl (C=O) groups is 1. The summed E-state index contributed by atoms with van der Waals surface area (Å²) >= 11 is 0. The van der Waals surface area contributed by atoms with Crippen LogP contribution in [0.5, 0.6) is 5.75 Å². The van der Waals surface area contributed by atoms with E-state index in [0.29, 0.717) is 13.0 Å². The molecule has 0 amide bonds. The lowest BCUT2D eigenvalue weighted by atomic mass is 9.89. The highest BCUT2D eigenvalue weighted by molar-refractivity contribution is 5.73. The smallest absolute Gasteiger partial charge is 0.310 e. The van der Waals surface area contributed by atoms with E-state index in [1.165, 1.54) is 16.7 Å². The Balaban J connectivity index is 1.74. The molecule has 0 fully saturated rings. The van der Waals surface area contributed by atoms with Crippen LogP contribution in [0, 0.1) is 5.92 Å². The fraction of sp³-hybridized carbons (Fsp3) is 0.316. The van der Waals surface area contributed by atoms with Crippen molar-refractivity contribution in [2.75, 3.05) is 13.2 Å². The van der Waals surface area contributed by atoms with Gasteiger partial charge in [-0.1, -0.05) is 24.3 Å². The Hall–Kier alpha value is -2.33. The van der Waals surface area contributed by atoms with Crippen molar-refractivity contribution in [2.45, 2.75) is 19.4 Å². The van der Waals surface area contributed by atoms with Crippen LogP contribution in [0.1, 0.15) is 16.7 Å². The zero-order chi connectivity index (χ0) is 15.8. The topological polar surface area (TPSA) is 55.8 Å². The number of carboxylic acid groups (broad SMARTS) is 1. The summed E-state index contributed by atoms with van der Waals surface area (Å²) < 4.78 is 11.1. The number of ether oxygens (including phenoxy) is 2. The van der Waals surface area contributed by atoms with Crippen molar-refractivity contribution in [1.82, 2.24) is 0 Å². The van der Waals surface area contributed by atoms with Gasteiger partial charge in [-0.2, -0.15) is 0 Å². The maximum absolute atomic E-state index is 11.2. The second-order valence-electron chi connectivity index (χ2n) is 6.12. The zero-order valence-corrected chi connectivity index (χ0v) is 12.7. The molecule has 1 atom stereocenters. The van der Waals surface area contributed by atoms with Crippen LogP contribution >= 0.6 is 0 Å². The maximum Gasteiger partial charge on any atom is 0.310 e. The largest absolute Gasteiger partial charge is 0.492 e. The molecule has 1 unspecified atom stereocenters. The molecule has 0 saturated carbocycles. The lowest BCUT2D eigenvalue weighted by molar-refractivity contribution is -0.143. The molecule has 0 spiro atoms. The van der Waals surface area contributed by atoms with Gasteiger partial charge in [-0.15, -0.1) is 0 Å². The molecule has 118 valence electrons. The number of fused-ring (bicyclic) bond motifs is 2. The summed E-state index contributed by atoms with van der Waals surface area (Å²) in [4.78, 5) is 11.2. The minimum atomic E-state index is -0.796. The molecule has 0 saturated heterocycles. The van der Waals surface area contributed by atoms with E-state index in [4.69, 9.17) is 9.47 Å². The van der Waals surface area contributed by atoms with E-state index in [0.717, 1.165) is 29.9 Å². The molecule has 2 aliphatic rings. The predicted octanol–water partition coefficient (Wildman–Crippen LogP) is 3.06. The molecule has 1 N–H and O–H groups in total. The quantitative estimate of drug-likeness (QED) is 0.926. The summed E-state index contributed by atoms with van der Waals surface area (Å²) in [5.74, 6) is -0.453. The van der Waals surface area contributed by atoms with Crippen molar-refractivity contribution in [2.24, 2.45) is 5.92 Å². The van der Waals surface area contributed by atoms with E-state index in [1.807, 2.05) is 6.07 Å². The summed E-state index contributed by atoms with van der Waals surface area (Å²) in [7, 11) is 0. The Morgan fingerprint density at radius 2 is 2.09 bits per heavy atom. The number of carboxylic acids is 1. The standard InChI is InChI=1S/C19H18O4/c20-19(21)15-9-14-8-12(4-5-18(14)23-11-15)16-3-1-2-13-10-22-7-6-17(13)16/h1-5,8,15H,6-7,9-11H2,(H,20,21). The molecule has 0 aromatic heterocycles. The highest BCUT2D eigenvalue weighted by Gasteiger charge is 2.26. The normalized spacial score (nSPS) is 19.4. The van der Waals surface area contributed by atoms with Gasteiger partial charge < -0.3 is 14.6 Å². The molecule has 0 aliphatic carbocycles. The van der Waals surface area contributed by atoms with Crippen LogP contribution in [-0.4, -0.2) is 24.3 Å². The minimum absolute atomic E-state index is 0.250. The van der Waals surface area contributed by atoms with E-state index in [9.17, 15) is 9.90 Å². The third-order valence-corrected chi connectivity index (χ3v) is 4.65. The van der Waals surface area contributed by atoms with Crippen molar-refractivity contribution in [3.8, 4) is 16.9 Å². The van der Waals surface area contributed by atoms with Crippen molar-refractivity contribution < 1.29 is 19.4 Å². The van der Waals surface area contributed by atoms with E-state index >= 15 is 0 Å². The molecule has 4 nitrogen and oxygen atoms in total. The van der Waals surface area contributed by atoms with Crippen LogP contribution in [0.3, 0.4) is 0 Å². The first-order valence-corrected chi connectivity index (χ1v) is 7.90. The number of hydrogen-bond donors (Lipinski definition) is 1. The van der Waals surface area contributed by atoms with Gasteiger partial charge in [0.1, 0.15) is 12.4 Å². The van der Waals surface area contributed by atoms with E-state index in [-0.39, 0.29) is 6.61 Å². The minimum Gasteiger partial charge on any atom is -0.492 e. The number of benzene rings is 2. The molecule has 2 aliphatic heterocycles. The number of rotatable bonds is 2. The van der Waals surface area contributed by atoms with E-state index in [2.05, 4.69) is 30.3 Å². The zero-order valence-electron chi connectivity index (χ0n) is 12.7. The van der Waals surface area contributed by atoms with Crippen LogP contribution in [0.2, 0.25) is 0 Å². The highest BCUT2D eigenvalue weighted by Crippen LogP contribution is 2.35. The first-order valence-electron chi connectivity index (χ1n) is 7.90. The van der Waals surface area contributed by atoms with Crippen molar-refractivity contribution >= 4 is 5.97 Å². The van der Waals surface area contributed by atoms with Crippen molar-refractivity contribution in [1.29, 1.82) is 0 Å². The first-order chi connectivity index (χ1) is 11.2. The average molecular weight is 310 g/mol. The van der Waals surface area contributed by atoms with Gasteiger partial charge in [-0.3, -0.25) is 4.79 Å². The van der Waals surface area contributed by atoms with Crippen LogP contribution in [-0.2, 0) is 29.0 Å². The Bertz CT molecular complexity index is 766. The van der Waals surface area contributed by atoms with Crippen LogP contribution in [0.4, 0.5) is 0 Å². The molecule has 2 aromatic rings. The van der Waals surface area contributed by atoms with Gasteiger partial charge in [-0.05, 0) is 52.8 Å². The summed E-state index contributed by atoms with van der Waals surface area (Å²) in [5.41, 5.74) is 5.89. The molecule has 4 heteroatoms. The molecule has 2 heterocycles. The third-order valence-electron chi connectivity index (χ3n) is 4.65. The summed E-state index contributed by atoms with van der Waals surface area (Å²) in [6, 6.07) is 12.4. The highest BCUT2D eigenvalue weighted by atomic mass is 16.5. The van der Waals surface area contributed by atoms with E-state index < -0.39 is 11.9 Å². The third kappa shape index (κ3) is 2.59. The summed E-state index contributed by atoms with van der Waals surface area (Å²) in [6.45, 7) is 1.66. The fourth-order valence-electron chi connectivity index (χ4n) is 3.41. The van der Waals surface area contributed by atoms with Gasteiger partial charge in [-0.25, -0.2) is 0 Å². The molecule has 0 radical (unpaired) electrons. The Kier molecular flexibility index (Phi) is 3.54. The predicted molar refractivity (Wildman–Crippen MR) is 85.6 cm³/mol. The van der Waals surface area contributed by atoms with Gasteiger partial charge in [0.2, 0.25) is 0 Å². The lowest BCUT2D eigenvalue weighted by Gasteiger charge is -2.24. The Morgan fingerprint density at radius 3 is 2.96 bits per heavy atom. The fourth-order valence-corrected chi connectivity index (χ4v) is 3.41. The van der Waals surface area contributed by atoms with Crippen LogP contribution < -0.4 is 4.74 Å². The first kappa shape index (κ1) is 14.3. The molecule has 4 rings (SSSR count). The molecule has 2 aromatic carbocycles. The van der Waals surface area contributed by atoms with Crippen molar-refractivity contribution in [3.05, 3.63) is 53.1 Å². The SMILES string of the molecule is O=C(O)C1COc2ccc(-c3cccc4c3CCOC4)cc2C1. The number of hydrogen-bond acceptors (Lipinski definition) is 3. The van der Waals surface area contributed by atoms with Gasteiger partial charge in [0, 0.05) is 0 Å². The van der Waals surface area contributed by atoms with Gasteiger partial charge >= 0.3 is 5.97 Å². The molecular formula is C19H18O4. The van der Waals surface area contributed by atoms with E-state index in [1.54, 1.807) is 0 Å². The summed E-state index contributed by atoms with van der Waals surface area (Å²) in [5, 5.41) is 9.21. The Morgan fingerprint density at radius 1 is 1.17 bits per heavy atom. The monoisotopic (exact) mass is 310 g/mol. The van der Waals surface area contributed by atoms with Gasteiger partial charge in [0.05, 0.1) is 19.1 Å².